The van der Waals surface area contributed by atoms with Gasteiger partial charge in [0.2, 0.25) is 0 Å². The van der Waals surface area contributed by atoms with Gasteiger partial charge in [0, 0.05) is 5.69 Å². The molecule has 0 spiro atoms. The minimum Gasteiger partial charge on any atom is -0.497 e. The topological polar surface area (TPSA) is 68.8 Å². The molecule has 1 aliphatic rings. The Balaban J connectivity index is 1.70. The molecular formula is C19H22N2O4. The Morgan fingerprint density at radius 1 is 0.920 bits per heavy atom. The van der Waals surface area contributed by atoms with Gasteiger partial charge in [-0.2, -0.15) is 0 Å². The molecule has 25 heavy (non-hydrogen) atoms. The van der Waals surface area contributed by atoms with Crippen molar-refractivity contribution in [1.29, 1.82) is 0 Å². The van der Waals surface area contributed by atoms with E-state index in [4.69, 9.17) is 14.2 Å². The number of benzene rings is 2. The summed E-state index contributed by atoms with van der Waals surface area (Å²) in [6, 6.07) is 12.7. The van der Waals surface area contributed by atoms with E-state index in [0.717, 1.165) is 24.2 Å². The van der Waals surface area contributed by atoms with Gasteiger partial charge in [0.25, 0.3) is 0 Å². The van der Waals surface area contributed by atoms with Crippen molar-refractivity contribution in [2.45, 2.75) is 18.4 Å². The van der Waals surface area contributed by atoms with Crippen LogP contribution in [0.5, 0.6) is 17.2 Å². The van der Waals surface area contributed by atoms with Crippen molar-refractivity contribution in [1.82, 2.24) is 5.32 Å². The van der Waals surface area contributed by atoms with Crippen LogP contribution in [-0.2, 0) is 5.54 Å². The lowest BCUT2D eigenvalue weighted by Gasteiger charge is -2.20. The summed E-state index contributed by atoms with van der Waals surface area (Å²) in [6.07, 6.45) is 1.77. The molecule has 2 aromatic carbocycles. The molecule has 1 saturated carbocycles. The average molecular weight is 342 g/mol. The van der Waals surface area contributed by atoms with Gasteiger partial charge >= 0.3 is 6.03 Å². The summed E-state index contributed by atoms with van der Waals surface area (Å²) in [5, 5.41) is 5.92. The number of carbonyl (C=O) groups is 1. The molecule has 0 aliphatic heterocycles. The molecular weight excluding hydrogens is 320 g/mol. The van der Waals surface area contributed by atoms with Crippen LogP contribution in [0.3, 0.4) is 0 Å². The van der Waals surface area contributed by atoms with E-state index in [1.54, 1.807) is 45.6 Å². The first kappa shape index (κ1) is 17.0. The van der Waals surface area contributed by atoms with Crippen molar-refractivity contribution in [3.63, 3.8) is 0 Å². The zero-order valence-electron chi connectivity index (χ0n) is 14.6. The number of amides is 2. The van der Waals surface area contributed by atoms with Crippen molar-refractivity contribution >= 4 is 11.7 Å². The van der Waals surface area contributed by atoms with E-state index in [2.05, 4.69) is 10.6 Å². The molecule has 0 aromatic heterocycles. The highest BCUT2D eigenvalue weighted by Crippen LogP contribution is 2.47. The van der Waals surface area contributed by atoms with Gasteiger partial charge in [0.15, 0.2) is 11.5 Å². The van der Waals surface area contributed by atoms with Crippen molar-refractivity contribution in [2.24, 2.45) is 0 Å². The standard InChI is InChI=1S/C19H22N2O4/c1-23-15-7-5-14(6-8-15)20-18(22)21-19(10-11-19)13-4-9-16(24-2)17(12-13)25-3/h4-9,12H,10-11H2,1-3H3,(H2,20,21,22). The maximum atomic E-state index is 12.4. The predicted molar refractivity (Wildman–Crippen MR) is 95.6 cm³/mol. The highest BCUT2D eigenvalue weighted by molar-refractivity contribution is 5.90. The Morgan fingerprint density at radius 3 is 2.16 bits per heavy atom. The molecule has 1 aliphatic carbocycles. The molecule has 0 radical (unpaired) electrons. The molecule has 1 fully saturated rings. The highest BCUT2D eigenvalue weighted by atomic mass is 16.5. The van der Waals surface area contributed by atoms with E-state index in [1.807, 2.05) is 18.2 Å². The van der Waals surface area contributed by atoms with Crippen LogP contribution in [0.25, 0.3) is 0 Å². The van der Waals surface area contributed by atoms with Crippen molar-refractivity contribution < 1.29 is 19.0 Å². The van der Waals surface area contributed by atoms with Gasteiger partial charge < -0.3 is 24.8 Å². The average Bonchev–Trinajstić information content (AvgIpc) is 3.42. The summed E-state index contributed by atoms with van der Waals surface area (Å²) in [6.45, 7) is 0. The first-order valence-electron chi connectivity index (χ1n) is 8.06. The van der Waals surface area contributed by atoms with Crippen molar-refractivity contribution in [2.75, 3.05) is 26.6 Å². The maximum absolute atomic E-state index is 12.4. The third-order valence-electron chi connectivity index (χ3n) is 4.39. The van der Waals surface area contributed by atoms with Crippen LogP contribution in [0.4, 0.5) is 10.5 Å². The second kappa shape index (κ2) is 6.93. The Labute approximate surface area is 147 Å². The minimum absolute atomic E-state index is 0.238. The van der Waals surface area contributed by atoms with E-state index in [0.29, 0.717) is 17.2 Å². The van der Waals surface area contributed by atoms with Crippen LogP contribution < -0.4 is 24.8 Å². The van der Waals surface area contributed by atoms with Crippen LogP contribution in [0.2, 0.25) is 0 Å². The second-order valence-corrected chi connectivity index (χ2v) is 5.96. The molecule has 0 atom stereocenters. The molecule has 0 unspecified atom stereocenters. The zero-order chi connectivity index (χ0) is 17.9. The number of methoxy groups -OCH3 is 3. The third-order valence-corrected chi connectivity index (χ3v) is 4.39. The van der Waals surface area contributed by atoms with E-state index in [9.17, 15) is 4.79 Å². The number of anilines is 1. The van der Waals surface area contributed by atoms with E-state index in [-0.39, 0.29) is 11.6 Å². The summed E-state index contributed by atoms with van der Waals surface area (Å²) >= 11 is 0. The fourth-order valence-electron chi connectivity index (χ4n) is 2.80. The summed E-state index contributed by atoms with van der Waals surface area (Å²) < 4.78 is 15.7. The summed E-state index contributed by atoms with van der Waals surface area (Å²) in [5.41, 5.74) is 1.37. The third kappa shape index (κ3) is 3.63. The molecule has 2 amide bonds. The SMILES string of the molecule is COc1ccc(NC(=O)NC2(c3ccc(OC)c(OC)c3)CC2)cc1. The summed E-state index contributed by atoms with van der Waals surface area (Å²) in [5.74, 6) is 2.07. The van der Waals surface area contributed by atoms with Gasteiger partial charge in [-0.1, -0.05) is 6.07 Å². The molecule has 6 heteroatoms. The van der Waals surface area contributed by atoms with Crippen LogP contribution in [0, 0.1) is 0 Å². The number of urea groups is 1. The van der Waals surface area contributed by atoms with Gasteiger partial charge in [-0.15, -0.1) is 0 Å². The van der Waals surface area contributed by atoms with E-state index < -0.39 is 0 Å². The smallest absolute Gasteiger partial charge is 0.319 e. The maximum Gasteiger partial charge on any atom is 0.319 e. The summed E-state index contributed by atoms with van der Waals surface area (Å²) in [7, 11) is 4.81. The number of nitrogens with one attached hydrogen (secondary N) is 2. The lowest BCUT2D eigenvalue weighted by molar-refractivity contribution is 0.247. The van der Waals surface area contributed by atoms with E-state index in [1.165, 1.54) is 0 Å². The Bertz CT molecular complexity index is 755. The molecule has 2 aromatic rings. The van der Waals surface area contributed by atoms with Crippen LogP contribution in [-0.4, -0.2) is 27.4 Å². The molecule has 132 valence electrons. The number of rotatable bonds is 6. The predicted octanol–water partition coefficient (Wildman–Crippen LogP) is 3.52. The van der Waals surface area contributed by atoms with E-state index >= 15 is 0 Å². The second-order valence-electron chi connectivity index (χ2n) is 5.96. The van der Waals surface area contributed by atoms with Crippen molar-refractivity contribution in [3.05, 3.63) is 48.0 Å². The zero-order valence-corrected chi connectivity index (χ0v) is 14.6. The van der Waals surface area contributed by atoms with Gasteiger partial charge in [0.1, 0.15) is 5.75 Å². The van der Waals surface area contributed by atoms with Crippen LogP contribution in [0.15, 0.2) is 42.5 Å². The molecule has 0 bridgehead atoms. The number of hydrogen-bond acceptors (Lipinski definition) is 4. The number of hydrogen-bond donors (Lipinski definition) is 2. The van der Waals surface area contributed by atoms with Gasteiger partial charge in [0.05, 0.1) is 26.9 Å². The quantitative estimate of drug-likeness (QED) is 0.843. The largest absolute Gasteiger partial charge is 0.497 e. The lowest BCUT2D eigenvalue weighted by Crippen LogP contribution is -2.38. The molecule has 6 nitrogen and oxygen atoms in total. The monoisotopic (exact) mass is 342 g/mol. The number of ether oxygens (including phenoxy) is 3. The molecule has 3 rings (SSSR count). The fraction of sp³-hybridized carbons (Fsp3) is 0.316. The van der Waals surface area contributed by atoms with Crippen molar-refractivity contribution in [3.8, 4) is 17.2 Å². The molecule has 0 saturated heterocycles. The lowest BCUT2D eigenvalue weighted by atomic mass is 10.0. The van der Waals surface area contributed by atoms with Gasteiger partial charge in [-0.3, -0.25) is 0 Å². The Hall–Kier alpha value is -2.89. The molecule has 0 heterocycles. The molecule has 2 N–H and O–H groups in total. The Morgan fingerprint density at radius 2 is 1.60 bits per heavy atom. The summed E-state index contributed by atoms with van der Waals surface area (Å²) in [4.78, 5) is 12.4. The first-order chi connectivity index (χ1) is 12.1. The Kier molecular flexibility index (Phi) is 4.70. The van der Waals surface area contributed by atoms with Gasteiger partial charge in [-0.05, 0) is 54.8 Å². The normalized spacial score (nSPS) is 14.4. The van der Waals surface area contributed by atoms with Crippen LogP contribution >= 0.6 is 0 Å². The van der Waals surface area contributed by atoms with Crippen LogP contribution in [0.1, 0.15) is 18.4 Å². The first-order valence-corrected chi connectivity index (χ1v) is 8.06. The fourth-order valence-corrected chi connectivity index (χ4v) is 2.80. The minimum atomic E-state index is -0.351. The number of carbonyl (C=O) groups excluding carboxylic acids is 1. The highest BCUT2D eigenvalue weighted by Gasteiger charge is 2.46. The van der Waals surface area contributed by atoms with Gasteiger partial charge in [-0.25, -0.2) is 4.79 Å².